The minimum absolute atomic E-state index is 0.925. The fourth-order valence-electron chi connectivity index (χ4n) is 1.88. The Labute approximate surface area is 86.0 Å². The summed E-state index contributed by atoms with van der Waals surface area (Å²) >= 11 is 1.90. The van der Waals surface area contributed by atoms with E-state index in [1.165, 1.54) is 32.1 Å². The topological polar surface area (TPSA) is 0 Å². The highest BCUT2D eigenvalue weighted by Gasteiger charge is 2.07. The summed E-state index contributed by atoms with van der Waals surface area (Å²) in [4.78, 5) is 1.56. The van der Waals surface area contributed by atoms with Crippen molar-refractivity contribution in [2.75, 3.05) is 0 Å². The van der Waals surface area contributed by atoms with Gasteiger partial charge in [-0.05, 0) is 23.8 Å². The van der Waals surface area contributed by atoms with Crippen molar-refractivity contribution in [2.45, 2.75) is 46.0 Å². The summed E-state index contributed by atoms with van der Waals surface area (Å²) in [5.74, 6) is 0.925. The number of thiophene rings is 1. The highest BCUT2D eigenvalue weighted by atomic mass is 32.1. The summed E-state index contributed by atoms with van der Waals surface area (Å²) in [6.07, 6.45) is 6.75. The maximum Gasteiger partial charge on any atom is 0.00479 e. The van der Waals surface area contributed by atoms with E-state index >= 15 is 0 Å². The molecule has 1 rings (SSSR count). The van der Waals surface area contributed by atoms with Crippen molar-refractivity contribution in [1.29, 1.82) is 0 Å². The maximum absolute atomic E-state index is 2.29. The Morgan fingerprint density at radius 3 is 2.38 bits per heavy atom. The second kappa shape index (κ2) is 6.20. The van der Waals surface area contributed by atoms with Crippen molar-refractivity contribution in [3.63, 3.8) is 0 Å². The molecule has 0 aliphatic carbocycles. The van der Waals surface area contributed by atoms with Crippen LogP contribution in [0.4, 0.5) is 0 Å². The summed E-state index contributed by atoms with van der Waals surface area (Å²) in [5.41, 5.74) is 0. The van der Waals surface area contributed by atoms with Crippen molar-refractivity contribution < 1.29 is 0 Å². The number of rotatable bonds is 6. The van der Waals surface area contributed by atoms with Gasteiger partial charge < -0.3 is 0 Å². The van der Waals surface area contributed by atoms with Crippen molar-refractivity contribution >= 4 is 11.3 Å². The van der Waals surface area contributed by atoms with Gasteiger partial charge >= 0.3 is 0 Å². The monoisotopic (exact) mass is 196 g/mol. The van der Waals surface area contributed by atoms with Gasteiger partial charge in [-0.25, -0.2) is 0 Å². The highest BCUT2D eigenvalue weighted by Crippen LogP contribution is 2.21. The van der Waals surface area contributed by atoms with Crippen LogP contribution in [0.3, 0.4) is 0 Å². The van der Waals surface area contributed by atoms with Crippen molar-refractivity contribution in [1.82, 2.24) is 0 Å². The van der Waals surface area contributed by atoms with Gasteiger partial charge in [-0.15, -0.1) is 11.3 Å². The van der Waals surface area contributed by atoms with Gasteiger partial charge in [-0.2, -0.15) is 0 Å². The first kappa shape index (κ1) is 10.8. The van der Waals surface area contributed by atoms with E-state index in [0.717, 1.165) is 5.92 Å². The third kappa shape index (κ3) is 3.95. The molecule has 0 fully saturated rings. The Morgan fingerprint density at radius 1 is 1.23 bits per heavy atom. The van der Waals surface area contributed by atoms with Crippen LogP contribution in [0.25, 0.3) is 0 Å². The van der Waals surface area contributed by atoms with E-state index in [-0.39, 0.29) is 0 Å². The molecule has 0 aliphatic heterocycles. The van der Waals surface area contributed by atoms with Crippen LogP contribution < -0.4 is 0 Å². The molecule has 74 valence electrons. The Hall–Kier alpha value is -0.300. The van der Waals surface area contributed by atoms with E-state index in [4.69, 9.17) is 0 Å². The van der Waals surface area contributed by atoms with Gasteiger partial charge in [0.1, 0.15) is 0 Å². The molecule has 0 bridgehead atoms. The molecule has 0 nitrogen and oxygen atoms in total. The largest absolute Gasteiger partial charge is 0.149 e. The lowest BCUT2D eigenvalue weighted by molar-refractivity contribution is 0.441. The SMILES string of the molecule is CCCC(CCC)Cc1cccs1. The Morgan fingerprint density at radius 2 is 1.92 bits per heavy atom. The van der Waals surface area contributed by atoms with Gasteiger partial charge in [0.25, 0.3) is 0 Å². The third-order valence-electron chi connectivity index (χ3n) is 2.46. The Bertz CT molecular complexity index is 195. The van der Waals surface area contributed by atoms with Crippen molar-refractivity contribution in [3.8, 4) is 0 Å². The van der Waals surface area contributed by atoms with Crippen LogP contribution in [0.15, 0.2) is 17.5 Å². The van der Waals surface area contributed by atoms with E-state index < -0.39 is 0 Å². The molecular weight excluding hydrogens is 176 g/mol. The van der Waals surface area contributed by atoms with Crippen LogP contribution in [0.5, 0.6) is 0 Å². The van der Waals surface area contributed by atoms with Crippen LogP contribution in [0.1, 0.15) is 44.4 Å². The minimum atomic E-state index is 0.925. The fourth-order valence-corrected chi connectivity index (χ4v) is 2.70. The Kier molecular flexibility index (Phi) is 5.14. The summed E-state index contributed by atoms with van der Waals surface area (Å²) in [6, 6.07) is 4.43. The molecule has 0 spiro atoms. The standard InChI is InChI=1S/C12H20S/c1-3-6-11(7-4-2)10-12-8-5-9-13-12/h5,8-9,11H,3-4,6-7,10H2,1-2H3. The second-order valence-electron chi connectivity index (χ2n) is 3.73. The average Bonchev–Trinajstić information content (AvgIpc) is 2.58. The lowest BCUT2D eigenvalue weighted by Gasteiger charge is -2.13. The summed E-state index contributed by atoms with van der Waals surface area (Å²) in [6.45, 7) is 4.58. The number of hydrogen-bond donors (Lipinski definition) is 0. The quantitative estimate of drug-likeness (QED) is 0.628. The molecule has 0 unspecified atom stereocenters. The van der Waals surface area contributed by atoms with Gasteiger partial charge in [0, 0.05) is 4.88 Å². The molecule has 1 aromatic heterocycles. The smallest absolute Gasteiger partial charge is 0.00479 e. The summed E-state index contributed by atoms with van der Waals surface area (Å²) in [7, 11) is 0. The minimum Gasteiger partial charge on any atom is -0.149 e. The molecule has 1 heteroatoms. The van der Waals surface area contributed by atoms with Gasteiger partial charge in [0.05, 0.1) is 0 Å². The molecule has 0 aromatic carbocycles. The molecule has 0 amide bonds. The van der Waals surface area contributed by atoms with Gasteiger partial charge in [0.2, 0.25) is 0 Å². The molecule has 1 heterocycles. The fraction of sp³-hybridized carbons (Fsp3) is 0.667. The maximum atomic E-state index is 2.29. The molecule has 0 aliphatic rings. The molecule has 1 aromatic rings. The lowest BCUT2D eigenvalue weighted by Crippen LogP contribution is -2.02. The van der Waals surface area contributed by atoms with E-state index in [9.17, 15) is 0 Å². The average molecular weight is 196 g/mol. The van der Waals surface area contributed by atoms with Crippen LogP contribution in [0, 0.1) is 5.92 Å². The molecular formula is C12H20S. The first-order valence-corrected chi connectivity index (χ1v) is 6.27. The molecule has 0 N–H and O–H groups in total. The van der Waals surface area contributed by atoms with Crippen molar-refractivity contribution in [2.24, 2.45) is 5.92 Å². The molecule has 13 heavy (non-hydrogen) atoms. The van der Waals surface area contributed by atoms with Gasteiger partial charge in [-0.1, -0.05) is 45.6 Å². The van der Waals surface area contributed by atoms with E-state index in [1.807, 2.05) is 11.3 Å². The predicted octanol–water partition coefficient (Wildman–Crippen LogP) is 4.51. The van der Waals surface area contributed by atoms with Crippen LogP contribution in [0.2, 0.25) is 0 Å². The third-order valence-corrected chi connectivity index (χ3v) is 3.36. The second-order valence-corrected chi connectivity index (χ2v) is 4.76. The molecule has 0 saturated carbocycles. The van der Waals surface area contributed by atoms with Crippen LogP contribution in [-0.4, -0.2) is 0 Å². The first-order valence-electron chi connectivity index (χ1n) is 5.39. The lowest BCUT2D eigenvalue weighted by atomic mass is 9.94. The van der Waals surface area contributed by atoms with E-state index in [0.29, 0.717) is 0 Å². The van der Waals surface area contributed by atoms with Crippen molar-refractivity contribution in [3.05, 3.63) is 22.4 Å². The summed E-state index contributed by atoms with van der Waals surface area (Å²) < 4.78 is 0. The van der Waals surface area contributed by atoms with Crippen LogP contribution in [-0.2, 0) is 6.42 Å². The van der Waals surface area contributed by atoms with Crippen LogP contribution >= 0.6 is 11.3 Å². The zero-order valence-corrected chi connectivity index (χ0v) is 9.57. The van der Waals surface area contributed by atoms with E-state index in [1.54, 1.807) is 4.88 Å². The highest BCUT2D eigenvalue weighted by molar-refractivity contribution is 7.09. The first-order chi connectivity index (χ1) is 6.36. The number of hydrogen-bond acceptors (Lipinski definition) is 1. The Balaban J connectivity index is 2.37. The normalized spacial score (nSPS) is 11.0. The molecule has 0 radical (unpaired) electrons. The van der Waals surface area contributed by atoms with Gasteiger partial charge in [0.15, 0.2) is 0 Å². The zero-order valence-electron chi connectivity index (χ0n) is 8.75. The zero-order chi connectivity index (χ0) is 9.52. The summed E-state index contributed by atoms with van der Waals surface area (Å²) in [5, 5.41) is 2.18. The van der Waals surface area contributed by atoms with E-state index in [2.05, 4.69) is 31.4 Å². The molecule has 0 atom stereocenters. The predicted molar refractivity (Wildman–Crippen MR) is 61.3 cm³/mol. The van der Waals surface area contributed by atoms with Gasteiger partial charge in [-0.3, -0.25) is 0 Å². The molecule has 0 saturated heterocycles.